The fourth-order valence-corrected chi connectivity index (χ4v) is 2.66. The molecule has 0 spiro atoms. The zero-order valence-corrected chi connectivity index (χ0v) is 10.2. The van der Waals surface area contributed by atoms with Gasteiger partial charge < -0.3 is 10.2 Å². The highest BCUT2D eigenvalue weighted by Crippen LogP contribution is 2.12. The molecule has 2 heterocycles. The first kappa shape index (κ1) is 11.9. The lowest BCUT2D eigenvalue weighted by molar-refractivity contribution is -0.133. The normalized spacial score (nSPS) is 27.3. The molecule has 16 heavy (non-hydrogen) atoms. The van der Waals surface area contributed by atoms with Crippen LogP contribution >= 0.6 is 0 Å². The molecule has 1 amide bonds. The Balaban J connectivity index is 1.75. The minimum atomic E-state index is 0.340. The molecule has 92 valence electrons. The topological polar surface area (TPSA) is 35.6 Å². The van der Waals surface area contributed by atoms with E-state index in [2.05, 4.69) is 17.1 Å². The Morgan fingerprint density at radius 3 is 2.62 bits per heavy atom. The van der Waals surface area contributed by atoms with Crippen molar-refractivity contribution in [2.75, 3.05) is 39.3 Å². The average molecular weight is 225 g/mol. The molecular weight excluding hydrogens is 202 g/mol. The van der Waals surface area contributed by atoms with Crippen LogP contribution in [0.3, 0.4) is 0 Å². The maximum absolute atomic E-state index is 11.7. The van der Waals surface area contributed by atoms with Crippen molar-refractivity contribution in [3.05, 3.63) is 0 Å². The smallest absolute Gasteiger partial charge is 0.222 e. The van der Waals surface area contributed by atoms with Gasteiger partial charge >= 0.3 is 0 Å². The fraction of sp³-hybridized carbons (Fsp3) is 0.917. The van der Waals surface area contributed by atoms with Crippen LogP contribution in [0.5, 0.6) is 0 Å². The summed E-state index contributed by atoms with van der Waals surface area (Å²) in [5, 5.41) is 3.40. The highest BCUT2D eigenvalue weighted by molar-refractivity contribution is 5.76. The molecule has 1 N–H and O–H groups in total. The zero-order chi connectivity index (χ0) is 11.4. The van der Waals surface area contributed by atoms with Crippen LogP contribution < -0.4 is 5.32 Å². The Kier molecular flexibility index (Phi) is 4.18. The third-order valence-corrected chi connectivity index (χ3v) is 3.68. The molecule has 2 rings (SSSR count). The molecule has 0 aliphatic carbocycles. The van der Waals surface area contributed by atoms with E-state index in [0.29, 0.717) is 18.4 Å². The van der Waals surface area contributed by atoms with Crippen molar-refractivity contribution in [2.24, 2.45) is 0 Å². The van der Waals surface area contributed by atoms with E-state index in [4.69, 9.17) is 0 Å². The summed E-state index contributed by atoms with van der Waals surface area (Å²) in [7, 11) is 0. The summed E-state index contributed by atoms with van der Waals surface area (Å²) in [4.78, 5) is 16.3. The van der Waals surface area contributed by atoms with Gasteiger partial charge in [-0.3, -0.25) is 9.69 Å². The number of piperazine rings is 1. The Bertz CT molecular complexity index is 230. The van der Waals surface area contributed by atoms with Crippen LogP contribution in [0.4, 0.5) is 0 Å². The molecule has 2 saturated heterocycles. The van der Waals surface area contributed by atoms with Crippen molar-refractivity contribution in [3.63, 3.8) is 0 Å². The molecule has 1 unspecified atom stereocenters. The van der Waals surface area contributed by atoms with Crippen LogP contribution in [0.15, 0.2) is 0 Å². The van der Waals surface area contributed by atoms with Gasteiger partial charge in [0.2, 0.25) is 5.91 Å². The number of hydrogen-bond acceptors (Lipinski definition) is 3. The number of nitrogens with one attached hydrogen (secondary N) is 1. The first-order valence-corrected chi connectivity index (χ1v) is 6.54. The van der Waals surface area contributed by atoms with Gasteiger partial charge in [0, 0.05) is 45.2 Å². The summed E-state index contributed by atoms with van der Waals surface area (Å²) < 4.78 is 0. The van der Waals surface area contributed by atoms with Crippen LogP contribution in [-0.2, 0) is 4.79 Å². The van der Waals surface area contributed by atoms with Crippen molar-refractivity contribution in [1.82, 2.24) is 15.1 Å². The SMILES string of the molecule is CCCC(=O)N1CCN(C2CCNC2)CC1. The second kappa shape index (κ2) is 5.64. The van der Waals surface area contributed by atoms with Crippen LogP contribution in [0.1, 0.15) is 26.2 Å². The van der Waals surface area contributed by atoms with Crippen molar-refractivity contribution in [3.8, 4) is 0 Å². The van der Waals surface area contributed by atoms with Crippen LogP contribution in [0, 0.1) is 0 Å². The molecule has 0 aromatic heterocycles. The van der Waals surface area contributed by atoms with Crippen LogP contribution in [0.2, 0.25) is 0 Å². The second-order valence-electron chi connectivity index (χ2n) is 4.81. The summed E-state index contributed by atoms with van der Waals surface area (Å²) in [6.45, 7) is 8.31. The maximum Gasteiger partial charge on any atom is 0.222 e. The van der Waals surface area contributed by atoms with Crippen molar-refractivity contribution >= 4 is 5.91 Å². The second-order valence-corrected chi connectivity index (χ2v) is 4.81. The van der Waals surface area contributed by atoms with E-state index in [9.17, 15) is 4.79 Å². The van der Waals surface area contributed by atoms with Crippen molar-refractivity contribution < 1.29 is 4.79 Å². The third kappa shape index (κ3) is 2.74. The minimum absolute atomic E-state index is 0.340. The van der Waals surface area contributed by atoms with Crippen LogP contribution in [-0.4, -0.2) is 61.0 Å². The van der Waals surface area contributed by atoms with Gasteiger partial charge in [-0.1, -0.05) is 6.92 Å². The number of rotatable bonds is 3. The molecule has 0 radical (unpaired) electrons. The Morgan fingerprint density at radius 2 is 2.06 bits per heavy atom. The number of hydrogen-bond donors (Lipinski definition) is 1. The van der Waals surface area contributed by atoms with Crippen LogP contribution in [0.25, 0.3) is 0 Å². The van der Waals surface area contributed by atoms with Gasteiger partial charge in [0.1, 0.15) is 0 Å². The van der Waals surface area contributed by atoms with Gasteiger partial charge in [-0.05, 0) is 19.4 Å². The number of carbonyl (C=O) groups is 1. The first-order chi connectivity index (χ1) is 7.81. The molecule has 0 saturated carbocycles. The summed E-state index contributed by atoms with van der Waals surface area (Å²) in [6, 6.07) is 0.712. The third-order valence-electron chi connectivity index (χ3n) is 3.68. The zero-order valence-electron chi connectivity index (χ0n) is 10.2. The highest BCUT2D eigenvalue weighted by atomic mass is 16.2. The lowest BCUT2D eigenvalue weighted by Gasteiger charge is -2.37. The monoisotopic (exact) mass is 225 g/mol. The largest absolute Gasteiger partial charge is 0.340 e. The number of carbonyl (C=O) groups excluding carboxylic acids is 1. The van der Waals surface area contributed by atoms with E-state index in [1.807, 2.05) is 4.90 Å². The average Bonchev–Trinajstić information content (AvgIpc) is 2.83. The minimum Gasteiger partial charge on any atom is -0.340 e. The van der Waals surface area contributed by atoms with E-state index in [-0.39, 0.29) is 0 Å². The molecule has 2 fully saturated rings. The molecular formula is C12H23N3O. The Labute approximate surface area is 98.0 Å². The van der Waals surface area contributed by atoms with Gasteiger partial charge in [-0.15, -0.1) is 0 Å². The van der Waals surface area contributed by atoms with E-state index < -0.39 is 0 Å². The van der Waals surface area contributed by atoms with E-state index in [1.54, 1.807) is 0 Å². The van der Waals surface area contributed by atoms with E-state index in [1.165, 1.54) is 6.42 Å². The van der Waals surface area contributed by atoms with Crippen molar-refractivity contribution in [1.29, 1.82) is 0 Å². The van der Waals surface area contributed by atoms with Gasteiger partial charge in [-0.25, -0.2) is 0 Å². The molecule has 0 bridgehead atoms. The summed E-state index contributed by atoms with van der Waals surface area (Å²) >= 11 is 0. The molecule has 0 aromatic rings. The van der Waals surface area contributed by atoms with E-state index in [0.717, 1.165) is 45.7 Å². The Hall–Kier alpha value is -0.610. The number of nitrogens with zero attached hydrogens (tertiary/aromatic N) is 2. The van der Waals surface area contributed by atoms with Gasteiger partial charge in [0.25, 0.3) is 0 Å². The molecule has 2 aliphatic heterocycles. The predicted octanol–water partition coefficient (Wildman–Crippen LogP) is 0.293. The maximum atomic E-state index is 11.7. The van der Waals surface area contributed by atoms with Gasteiger partial charge in [0.05, 0.1) is 0 Å². The van der Waals surface area contributed by atoms with E-state index >= 15 is 0 Å². The highest BCUT2D eigenvalue weighted by Gasteiger charge is 2.27. The standard InChI is InChI=1S/C12H23N3O/c1-2-3-12(16)15-8-6-14(7-9-15)11-4-5-13-10-11/h11,13H,2-10H2,1H3. The van der Waals surface area contributed by atoms with Crippen molar-refractivity contribution in [2.45, 2.75) is 32.2 Å². The molecule has 4 nitrogen and oxygen atoms in total. The molecule has 0 aromatic carbocycles. The predicted molar refractivity (Wildman–Crippen MR) is 64.3 cm³/mol. The quantitative estimate of drug-likeness (QED) is 0.750. The molecule has 4 heteroatoms. The lowest BCUT2D eigenvalue weighted by Crippen LogP contribution is -2.52. The summed E-state index contributed by atoms with van der Waals surface area (Å²) in [5.41, 5.74) is 0. The first-order valence-electron chi connectivity index (χ1n) is 6.54. The number of amides is 1. The molecule has 2 aliphatic rings. The fourth-order valence-electron chi connectivity index (χ4n) is 2.66. The van der Waals surface area contributed by atoms with Gasteiger partial charge in [-0.2, -0.15) is 0 Å². The summed E-state index contributed by atoms with van der Waals surface area (Å²) in [5.74, 6) is 0.340. The molecule has 1 atom stereocenters. The van der Waals surface area contributed by atoms with Gasteiger partial charge in [0.15, 0.2) is 0 Å². The lowest BCUT2D eigenvalue weighted by atomic mass is 10.2. The Morgan fingerprint density at radius 1 is 1.31 bits per heavy atom. The summed E-state index contributed by atoms with van der Waals surface area (Å²) in [6.07, 6.45) is 2.94.